The largest absolute Gasteiger partial charge is 0.392 e. The highest BCUT2D eigenvalue weighted by molar-refractivity contribution is 4.82. The van der Waals surface area contributed by atoms with Crippen LogP contribution in [0.1, 0.15) is 45.4 Å². The third-order valence-electron chi connectivity index (χ3n) is 2.99. The van der Waals surface area contributed by atoms with Gasteiger partial charge in [0, 0.05) is 19.3 Å². The lowest BCUT2D eigenvalue weighted by Gasteiger charge is -2.16. The van der Waals surface area contributed by atoms with Gasteiger partial charge in [0.05, 0.1) is 6.10 Å². The Labute approximate surface area is 93.2 Å². The van der Waals surface area contributed by atoms with Gasteiger partial charge in [0.25, 0.3) is 0 Å². The topological polar surface area (TPSA) is 41.5 Å². The SMILES string of the molecule is CCCCOCCCNC1CCCC1O. The molecule has 0 aliphatic heterocycles. The molecule has 15 heavy (non-hydrogen) atoms. The van der Waals surface area contributed by atoms with Gasteiger partial charge in [0.1, 0.15) is 0 Å². The summed E-state index contributed by atoms with van der Waals surface area (Å²) in [4.78, 5) is 0. The smallest absolute Gasteiger partial charge is 0.0693 e. The summed E-state index contributed by atoms with van der Waals surface area (Å²) in [5, 5.41) is 13.0. The second-order valence-electron chi connectivity index (χ2n) is 4.38. The maximum atomic E-state index is 9.57. The van der Waals surface area contributed by atoms with Crippen LogP contribution in [-0.2, 0) is 4.74 Å². The number of hydrogen-bond acceptors (Lipinski definition) is 3. The standard InChI is InChI=1S/C12H25NO2/c1-2-3-9-15-10-5-8-13-11-6-4-7-12(11)14/h11-14H,2-10H2,1H3. The first-order valence-electron chi connectivity index (χ1n) is 6.33. The van der Waals surface area contributed by atoms with Gasteiger partial charge in [-0.15, -0.1) is 0 Å². The molecule has 1 aliphatic rings. The molecule has 3 nitrogen and oxygen atoms in total. The lowest BCUT2D eigenvalue weighted by atomic mass is 10.2. The van der Waals surface area contributed by atoms with Crippen molar-refractivity contribution < 1.29 is 9.84 Å². The number of nitrogens with one attached hydrogen (secondary N) is 1. The number of hydrogen-bond donors (Lipinski definition) is 2. The molecule has 0 aromatic carbocycles. The second kappa shape index (κ2) is 8.08. The minimum absolute atomic E-state index is 0.119. The van der Waals surface area contributed by atoms with Gasteiger partial charge in [-0.1, -0.05) is 13.3 Å². The number of aliphatic hydroxyl groups excluding tert-OH is 1. The normalized spacial score (nSPS) is 26.0. The van der Waals surface area contributed by atoms with Crippen LogP contribution in [0.5, 0.6) is 0 Å². The molecule has 0 radical (unpaired) electrons. The Kier molecular flexibility index (Phi) is 6.98. The minimum Gasteiger partial charge on any atom is -0.392 e. The van der Waals surface area contributed by atoms with Crippen LogP contribution in [0.15, 0.2) is 0 Å². The van der Waals surface area contributed by atoms with Crippen molar-refractivity contribution in [3.63, 3.8) is 0 Å². The van der Waals surface area contributed by atoms with Crippen LogP contribution >= 0.6 is 0 Å². The van der Waals surface area contributed by atoms with Crippen LogP contribution < -0.4 is 5.32 Å². The van der Waals surface area contributed by atoms with Crippen LogP contribution in [0.3, 0.4) is 0 Å². The Hall–Kier alpha value is -0.120. The van der Waals surface area contributed by atoms with Crippen molar-refractivity contribution in [1.29, 1.82) is 0 Å². The van der Waals surface area contributed by atoms with Crippen LogP contribution in [0.25, 0.3) is 0 Å². The van der Waals surface area contributed by atoms with Gasteiger partial charge in [-0.3, -0.25) is 0 Å². The molecule has 2 atom stereocenters. The van der Waals surface area contributed by atoms with Crippen molar-refractivity contribution in [1.82, 2.24) is 5.32 Å². The Morgan fingerprint density at radius 2 is 2.07 bits per heavy atom. The molecule has 3 heteroatoms. The van der Waals surface area contributed by atoms with Crippen molar-refractivity contribution in [2.24, 2.45) is 0 Å². The van der Waals surface area contributed by atoms with Gasteiger partial charge in [-0.05, 0) is 38.6 Å². The van der Waals surface area contributed by atoms with E-state index in [9.17, 15) is 5.11 Å². The predicted molar refractivity (Wildman–Crippen MR) is 62.0 cm³/mol. The van der Waals surface area contributed by atoms with Gasteiger partial charge in [-0.2, -0.15) is 0 Å². The monoisotopic (exact) mass is 215 g/mol. The van der Waals surface area contributed by atoms with Gasteiger partial charge in [0.2, 0.25) is 0 Å². The molecule has 0 saturated heterocycles. The summed E-state index contributed by atoms with van der Waals surface area (Å²) >= 11 is 0. The third-order valence-corrected chi connectivity index (χ3v) is 2.99. The highest BCUT2D eigenvalue weighted by Gasteiger charge is 2.23. The third kappa shape index (κ3) is 5.50. The molecule has 1 saturated carbocycles. The lowest BCUT2D eigenvalue weighted by molar-refractivity contribution is 0.122. The summed E-state index contributed by atoms with van der Waals surface area (Å²) < 4.78 is 5.46. The fourth-order valence-corrected chi connectivity index (χ4v) is 1.99. The predicted octanol–water partition coefficient (Wildman–Crippen LogP) is 1.70. The van der Waals surface area contributed by atoms with E-state index in [2.05, 4.69) is 12.2 Å². The van der Waals surface area contributed by atoms with Crippen molar-refractivity contribution in [2.45, 2.75) is 57.6 Å². The van der Waals surface area contributed by atoms with E-state index in [1.807, 2.05) is 0 Å². The molecule has 0 amide bonds. The van der Waals surface area contributed by atoms with E-state index in [1.54, 1.807) is 0 Å². The molecule has 0 spiro atoms. The van der Waals surface area contributed by atoms with Crippen molar-refractivity contribution in [3.05, 3.63) is 0 Å². The lowest BCUT2D eigenvalue weighted by Crippen LogP contribution is -2.36. The summed E-state index contributed by atoms with van der Waals surface area (Å²) in [6, 6.07) is 0.334. The van der Waals surface area contributed by atoms with E-state index in [1.165, 1.54) is 6.42 Å². The number of aliphatic hydroxyl groups is 1. The van der Waals surface area contributed by atoms with Crippen LogP contribution in [0.4, 0.5) is 0 Å². The molecule has 1 fully saturated rings. The van der Waals surface area contributed by atoms with Gasteiger partial charge in [-0.25, -0.2) is 0 Å². The molecular weight excluding hydrogens is 190 g/mol. The molecule has 0 heterocycles. The Morgan fingerprint density at radius 3 is 2.73 bits per heavy atom. The molecule has 0 aromatic rings. The Balaban J connectivity index is 1.84. The van der Waals surface area contributed by atoms with E-state index in [4.69, 9.17) is 4.74 Å². The zero-order valence-corrected chi connectivity index (χ0v) is 9.87. The number of ether oxygens (including phenoxy) is 1. The van der Waals surface area contributed by atoms with Gasteiger partial charge >= 0.3 is 0 Å². The summed E-state index contributed by atoms with van der Waals surface area (Å²) in [6.45, 7) is 4.87. The molecule has 0 aromatic heterocycles. The van der Waals surface area contributed by atoms with E-state index < -0.39 is 0 Å². The van der Waals surface area contributed by atoms with Crippen molar-refractivity contribution in [3.8, 4) is 0 Å². The van der Waals surface area contributed by atoms with E-state index in [0.29, 0.717) is 6.04 Å². The summed E-state index contributed by atoms with van der Waals surface area (Å²) in [6.07, 6.45) is 6.54. The van der Waals surface area contributed by atoms with Crippen LogP contribution in [0.2, 0.25) is 0 Å². The first-order valence-corrected chi connectivity index (χ1v) is 6.33. The molecule has 1 rings (SSSR count). The molecule has 1 aliphatic carbocycles. The van der Waals surface area contributed by atoms with Crippen LogP contribution in [0, 0.1) is 0 Å². The average Bonchev–Trinajstić information content (AvgIpc) is 2.63. The van der Waals surface area contributed by atoms with Gasteiger partial charge < -0.3 is 15.2 Å². The zero-order chi connectivity index (χ0) is 10.9. The highest BCUT2D eigenvalue weighted by Crippen LogP contribution is 2.18. The second-order valence-corrected chi connectivity index (χ2v) is 4.38. The molecule has 90 valence electrons. The fraction of sp³-hybridized carbons (Fsp3) is 1.00. The van der Waals surface area contributed by atoms with E-state index >= 15 is 0 Å². The Bertz CT molecular complexity index is 153. The van der Waals surface area contributed by atoms with Crippen molar-refractivity contribution in [2.75, 3.05) is 19.8 Å². The molecular formula is C12H25NO2. The first kappa shape index (κ1) is 12.9. The zero-order valence-electron chi connectivity index (χ0n) is 9.87. The summed E-state index contributed by atoms with van der Waals surface area (Å²) in [5.74, 6) is 0. The van der Waals surface area contributed by atoms with Gasteiger partial charge in [0.15, 0.2) is 0 Å². The van der Waals surface area contributed by atoms with Crippen LogP contribution in [-0.4, -0.2) is 37.0 Å². The maximum absolute atomic E-state index is 9.57. The quantitative estimate of drug-likeness (QED) is 0.606. The number of unbranched alkanes of at least 4 members (excludes halogenated alkanes) is 1. The summed E-state index contributed by atoms with van der Waals surface area (Å²) in [7, 11) is 0. The summed E-state index contributed by atoms with van der Waals surface area (Å²) in [5.41, 5.74) is 0. The molecule has 2 N–H and O–H groups in total. The maximum Gasteiger partial charge on any atom is 0.0693 e. The number of rotatable bonds is 8. The average molecular weight is 215 g/mol. The van der Waals surface area contributed by atoms with E-state index in [-0.39, 0.29) is 6.10 Å². The molecule has 2 unspecified atom stereocenters. The Morgan fingerprint density at radius 1 is 1.27 bits per heavy atom. The molecule has 0 bridgehead atoms. The van der Waals surface area contributed by atoms with E-state index in [0.717, 1.165) is 51.9 Å². The fourth-order valence-electron chi connectivity index (χ4n) is 1.99. The minimum atomic E-state index is -0.119. The highest BCUT2D eigenvalue weighted by atomic mass is 16.5. The van der Waals surface area contributed by atoms with Crippen molar-refractivity contribution >= 4 is 0 Å². The first-order chi connectivity index (χ1) is 7.34.